The van der Waals surface area contributed by atoms with Crippen LogP contribution in [0.4, 0.5) is 0 Å². The molecule has 0 aliphatic carbocycles. The van der Waals surface area contributed by atoms with E-state index in [1.54, 1.807) is 16.7 Å². The molecular weight excluding hydrogens is 286 g/mol. The van der Waals surface area contributed by atoms with E-state index in [4.69, 9.17) is 14.6 Å². The minimum absolute atomic E-state index is 0.221. The van der Waals surface area contributed by atoms with Crippen LogP contribution in [-0.2, 0) is 21.8 Å². The number of hydrogen-bond acceptors (Lipinski definition) is 4. The number of aryl methyl sites for hydroxylation is 1. The molecule has 6 heteroatoms. The Morgan fingerprint density at radius 1 is 1.36 bits per heavy atom. The van der Waals surface area contributed by atoms with Gasteiger partial charge in [-0.3, -0.25) is 4.79 Å². The number of carbonyl (C=O) groups is 1. The highest BCUT2D eigenvalue weighted by Gasteiger charge is 2.33. The van der Waals surface area contributed by atoms with Crippen LogP contribution < -0.4 is 5.43 Å². The van der Waals surface area contributed by atoms with Gasteiger partial charge in [-0.05, 0) is 26.0 Å². The van der Waals surface area contributed by atoms with E-state index in [1.165, 1.54) is 6.20 Å². The largest absolute Gasteiger partial charge is 0.477 e. The van der Waals surface area contributed by atoms with Crippen LogP contribution >= 0.6 is 0 Å². The van der Waals surface area contributed by atoms with Gasteiger partial charge >= 0.3 is 5.97 Å². The number of aromatic carboxylic acids is 1. The second kappa shape index (κ2) is 5.23. The van der Waals surface area contributed by atoms with E-state index in [-0.39, 0.29) is 5.56 Å². The van der Waals surface area contributed by atoms with Gasteiger partial charge in [0.05, 0.1) is 18.7 Å². The van der Waals surface area contributed by atoms with Gasteiger partial charge in [-0.2, -0.15) is 0 Å². The van der Waals surface area contributed by atoms with Crippen LogP contribution in [0.25, 0.3) is 10.9 Å². The number of carboxylic acids is 1. The van der Waals surface area contributed by atoms with Crippen molar-refractivity contribution in [2.45, 2.75) is 26.2 Å². The molecule has 22 heavy (non-hydrogen) atoms. The van der Waals surface area contributed by atoms with Gasteiger partial charge in [0.2, 0.25) is 5.43 Å². The van der Waals surface area contributed by atoms with Gasteiger partial charge in [-0.25, -0.2) is 4.79 Å². The van der Waals surface area contributed by atoms with Crippen molar-refractivity contribution in [3.63, 3.8) is 0 Å². The summed E-state index contributed by atoms with van der Waals surface area (Å²) in [5, 5.41) is 9.54. The lowest BCUT2D eigenvalue weighted by Crippen LogP contribution is -2.23. The smallest absolute Gasteiger partial charge is 0.341 e. The molecule has 0 bridgehead atoms. The van der Waals surface area contributed by atoms with Crippen molar-refractivity contribution in [1.82, 2.24) is 4.57 Å². The molecule has 0 saturated carbocycles. The lowest BCUT2D eigenvalue weighted by molar-refractivity contribution is -0.149. The van der Waals surface area contributed by atoms with Gasteiger partial charge in [-0.15, -0.1) is 0 Å². The summed E-state index contributed by atoms with van der Waals surface area (Å²) in [6, 6.07) is 5.22. The average Bonchev–Trinajstić information content (AvgIpc) is 2.95. The van der Waals surface area contributed by atoms with Gasteiger partial charge in [0, 0.05) is 23.7 Å². The molecule has 2 heterocycles. The van der Waals surface area contributed by atoms with Gasteiger partial charge in [0.25, 0.3) is 0 Å². The Morgan fingerprint density at radius 2 is 2.05 bits per heavy atom. The van der Waals surface area contributed by atoms with Gasteiger partial charge in [-0.1, -0.05) is 6.07 Å². The summed E-state index contributed by atoms with van der Waals surface area (Å²) < 4.78 is 13.0. The lowest BCUT2D eigenvalue weighted by Gasteiger charge is -2.23. The van der Waals surface area contributed by atoms with E-state index in [9.17, 15) is 9.59 Å². The van der Waals surface area contributed by atoms with Crippen molar-refractivity contribution in [1.29, 1.82) is 0 Å². The fourth-order valence-electron chi connectivity index (χ4n) is 2.77. The summed E-state index contributed by atoms with van der Waals surface area (Å²) in [5.74, 6) is -2.04. The Morgan fingerprint density at radius 3 is 2.64 bits per heavy atom. The number of hydrogen-bond donors (Lipinski definition) is 1. The first-order chi connectivity index (χ1) is 10.5. The highest BCUT2D eigenvalue weighted by Crippen LogP contribution is 2.32. The molecular formula is C16H17NO5. The maximum atomic E-state index is 12.3. The third kappa shape index (κ3) is 2.20. The van der Waals surface area contributed by atoms with Crippen LogP contribution in [0.1, 0.15) is 29.8 Å². The number of ether oxygens (including phenoxy) is 2. The first-order valence-electron chi connectivity index (χ1n) is 7.15. The zero-order valence-electron chi connectivity index (χ0n) is 12.5. The van der Waals surface area contributed by atoms with Crippen molar-refractivity contribution in [2.24, 2.45) is 0 Å². The Labute approximate surface area is 126 Å². The van der Waals surface area contributed by atoms with Gasteiger partial charge < -0.3 is 19.1 Å². The predicted molar refractivity (Wildman–Crippen MR) is 80.1 cm³/mol. The highest BCUT2D eigenvalue weighted by atomic mass is 16.7. The highest BCUT2D eigenvalue weighted by molar-refractivity contribution is 5.92. The summed E-state index contributed by atoms with van der Waals surface area (Å²) in [6.45, 7) is 5.33. The molecule has 1 aromatic carbocycles. The van der Waals surface area contributed by atoms with Crippen LogP contribution in [0.5, 0.6) is 0 Å². The van der Waals surface area contributed by atoms with E-state index in [2.05, 4.69) is 0 Å². The summed E-state index contributed by atoms with van der Waals surface area (Å²) in [5.41, 5.74) is 0.788. The third-order valence-electron chi connectivity index (χ3n) is 4.02. The standard InChI is InChI=1S/C16H17NO5/c1-3-17-9-12(15(19)20)14(18)11-5-4-10(8-13(11)17)16(2)21-6-7-22-16/h4-5,8-9H,3,6-7H2,1-2H3,(H,19,20). The maximum Gasteiger partial charge on any atom is 0.341 e. The zero-order valence-corrected chi connectivity index (χ0v) is 12.5. The number of nitrogens with zero attached hydrogens (tertiary/aromatic N) is 1. The topological polar surface area (TPSA) is 77.8 Å². The van der Waals surface area contributed by atoms with E-state index < -0.39 is 17.2 Å². The third-order valence-corrected chi connectivity index (χ3v) is 4.02. The number of aromatic nitrogens is 1. The van der Waals surface area contributed by atoms with Crippen LogP contribution in [0.3, 0.4) is 0 Å². The van der Waals surface area contributed by atoms with Crippen molar-refractivity contribution < 1.29 is 19.4 Å². The molecule has 1 fully saturated rings. The molecule has 1 aliphatic heterocycles. The SMILES string of the molecule is CCn1cc(C(=O)O)c(=O)c2ccc(C3(C)OCCO3)cc21. The van der Waals surface area contributed by atoms with Crippen LogP contribution in [0, 0.1) is 0 Å². The molecule has 1 N–H and O–H groups in total. The van der Waals surface area contributed by atoms with E-state index in [0.29, 0.717) is 30.7 Å². The van der Waals surface area contributed by atoms with Crippen molar-refractivity contribution in [2.75, 3.05) is 13.2 Å². The first kappa shape index (κ1) is 14.7. The molecule has 0 spiro atoms. The second-order valence-electron chi connectivity index (χ2n) is 5.34. The molecule has 6 nitrogen and oxygen atoms in total. The van der Waals surface area contributed by atoms with E-state index in [1.807, 2.05) is 19.9 Å². The van der Waals surface area contributed by atoms with Crippen molar-refractivity contribution >= 4 is 16.9 Å². The monoisotopic (exact) mass is 303 g/mol. The number of fused-ring (bicyclic) bond motifs is 1. The minimum Gasteiger partial charge on any atom is -0.477 e. The molecule has 0 radical (unpaired) electrons. The van der Waals surface area contributed by atoms with Crippen molar-refractivity contribution in [3.05, 3.63) is 45.7 Å². The van der Waals surface area contributed by atoms with Crippen LogP contribution in [-0.4, -0.2) is 28.9 Å². The molecule has 1 saturated heterocycles. The van der Waals surface area contributed by atoms with E-state index in [0.717, 1.165) is 5.56 Å². The molecule has 0 atom stereocenters. The first-order valence-corrected chi connectivity index (χ1v) is 7.15. The van der Waals surface area contributed by atoms with Crippen molar-refractivity contribution in [3.8, 4) is 0 Å². The Kier molecular flexibility index (Phi) is 3.50. The predicted octanol–water partition coefficient (Wildman–Crippen LogP) is 1.94. The minimum atomic E-state index is -1.22. The Hall–Kier alpha value is -2.18. The normalized spacial score (nSPS) is 17.0. The number of pyridine rings is 1. The summed E-state index contributed by atoms with van der Waals surface area (Å²) in [7, 11) is 0. The Balaban J connectivity index is 2.26. The van der Waals surface area contributed by atoms with Gasteiger partial charge in [0.15, 0.2) is 5.79 Å². The number of benzene rings is 1. The average molecular weight is 303 g/mol. The molecule has 2 aromatic rings. The molecule has 0 unspecified atom stereocenters. The Bertz CT molecular complexity index is 802. The zero-order chi connectivity index (χ0) is 15.9. The molecule has 116 valence electrons. The fraction of sp³-hybridized carbons (Fsp3) is 0.375. The summed E-state index contributed by atoms with van der Waals surface area (Å²) >= 11 is 0. The molecule has 1 aliphatic rings. The van der Waals surface area contributed by atoms with Gasteiger partial charge in [0.1, 0.15) is 5.56 Å². The maximum absolute atomic E-state index is 12.3. The fourth-order valence-corrected chi connectivity index (χ4v) is 2.77. The molecule has 3 rings (SSSR count). The second-order valence-corrected chi connectivity index (χ2v) is 5.34. The quantitative estimate of drug-likeness (QED) is 0.937. The number of carboxylic acid groups (broad SMARTS) is 1. The summed E-state index contributed by atoms with van der Waals surface area (Å²) in [6.07, 6.45) is 1.38. The molecule has 0 amide bonds. The van der Waals surface area contributed by atoms with Crippen LogP contribution in [0.2, 0.25) is 0 Å². The summed E-state index contributed by atoms with van der Waals surface area (Å²) in [4.78, 5) is 23.5. The van der Waals surface area contributed by atoms with E-state index >= 15 is 0 Å². The molecule has 1 aromatic heterocycles. The lowest BCUT2D eigenvalue weighted by atomic mass is 10.0. The number of rotatable bonds is 3. The van der Waals surface area contributed by atoms with Crippen LogP contribution in [0.15, 0.2) is 29.2 Å².